The van der Waals surface area contributed by atoms with Crippen LogP contribution in [0.25, 0.3) is 0 Å². The van der Waals surface area contributed by atoms with Gasteiger partial charge in [0.05, 0.1) is 6.61 Å². The monoisotopic (exact) mass is 234 g/mol. The third-order valence-corrected chi connectivity index (χ3v) is 1.74. The van der Waals surface area contributed by atoms with Crippen molar-refractivity contribution in [2.45, 2.75) is 39.0 Å². The molecule has 2 amide bonds. The van der Waals surface area contributed by atoms with Gasteiger partial charge >= 0.3 is 12.2 Å². The molecule has 0 heterocycles. The quantitative estimate of drug-likeness (QED) is 0.573. The maximum absolute atomic E-state index is 11.1. The van der Waals surface area contributed by atoms with Gasteiger partial charge < -0.3 is 20.3 Å². The van der Waals surface area contributed by atoms with Gasteiger partial charge in [0, 0.05) is 6.42 Å². The smallest absolute Gasteiger partial charge is 0.409 e. The van der Waals surface area contributed by atoms with E-state index in [1.54, 1.807) is 0 Å². The van der Waals surface area contributed by atoms with Crippen molar-refractivity contribution >= 4 is 12.2 Å². The van der Waals surface area contributed by atoms with E-state index < -0.39 is 18.4 Å². The second-order valence-electron chi connectivity index (χ2n) is 3.21. The SMILES string of the molecule is CCC(CCOC(N)=O)OC(=O)N[C@@H](C)O. The van der Waals surface area contributed by atoms with Gasteiger partial charge in [-0.15, -0.1) is 0 Å². The molecule has 0 aromatic carbocycles. The Morgan fingerprint density at radius 2 is 2.12 bits per heavy atom. The predicted molar refractivity (Wildman–Crippen MR) is 55.5 cm³/mol. The van der Waals surface area contributed by atoms with Gasteiger partial charge in [-0.3, -0.25) is 5.32 Å². The Kier molecular flexibility index (Phi) is 7.02. The number of aliphatic hydroxyl groups excluding tert-OH is 1. The normalized spacial score (nSPS) is 13.7. The number of carbonyl (C=O) groups excluding carboxylic acids is 2. The van der Waals surface area contributed by atoms with Crippen LogP contribution in [0.2, 0.25) is 0 Å². The van der Waals surface area contributed by atoms with Crippen LogP contribution in [0.3, 0.4) is 0 Å². The minimum absolute atomic E-state index is 0.0931. The third-order valence-electron chi connectivity index (χ3n) is 1.74. The molecule has 0 aliphatic rings. The standard InChI is InChI=1S/C9H18N2O5/c1-3-7(4-5-15-8(10)13)16-9(14)11-6(2)12/h6-7,12H,3-5H2,1-2H3,(H2,10,13)(H,11,14)/t6-,7?/m1/s1. The number of rotatable bonds is 6. The fraction of sp³-hybridized carbons (Fsp3) is 0.778. The molecule has 0 aromatic heterocycles. The Labute approximate surface area is 93.9 Å². The van der Waals surface area contributed by atoms with E-state index in [0.717, 1.165) is 0 Å². The molecule has 0 fully saturated rings. The van der Waals surface area contributed by atoms with Crippen LogP contribution in [0, 0.1) is 0 Å². The number of nitrogens with one attached hydrogen (secondary N) is 1. The second-order valence-corrected chi connectivity index (χ2v) is 3.21. The Balaban J connectivity index is 3.81. The van der Waals surface area contributed by atoms with Gasteiger partial charge in [-0.2, -0.15) is 0 Å². The van der Waals surface area contributed by atoms with Crippen LogP contribution < -0.4 is 11.1 Å². The van der Waals surface area contributed by atoms with Crippen molar-refractivity contribution < 1.29 is 24.2 Å². The lowest BCUT2D eigenvalue weighted by Gasteiger charge is -2.17. The largest absolute Gasteiger partial charge is 0.450 e. The van der Waals surface area contributed by atoms with Gasteiger partial charge in [-0.25, -0.2) is 9.59 Å². The highest BCUT2D eigenvalue weighted by atomic mass is 16.6. The summed E-state index contributed by atoms with van der Waals surface area (Å²) in [5.74, 6) is 0. The predicted octanol–water partition coefficient (Wildman–Crippen LogP) is 0.315. The average molecular weight is 234 g/mol. The van der Waals surface area contributed by atoms with E-state index in [0.29, 0.717) is 12.8 Å². The number of hydrogen-bond donors (Lipinski definition) is 3. The molecule has 0 radical (unpaired) electrons. The van der Waals surface area contributed by atoms with E-state index in [-0.39, 0.29) is 12.7 Å². The number of nitrogens with two attached hydrogens (primary N) is 1. The zero-order valence-corrected chi connectivity index (χ0v) is 9.43. The highest BCUT2D eigenvalue weighted by Gasteiger charge is 2.13. The lowest BCUT2D eigenvalue weighted by Crippen LogP contribution is -2.35. The summed E-state index contributed by atoms with van der Waals surface area (Å²) >= 11 is 0. The van der Waals surface area contributed by atoms with Crippen molar-refractivity contribution in [3.05, 3.63) is 0 Å². The third kappa shape index (κ3) is 7.86. The van der Waals surface area contributed by atoms with E-state index in [9.17, 15) is 9.59 Å². The number of carbonyl (C=O) groups is 2. The number of hydrogen-bond acceptors (Lipinski definition) is 5. The highest BCUT2D eigenvalue weighted by molar-refractivity contribution is 5.67. The lowest BCUT2D eigenvalue weighted by atomic mass is 10.2. The van der Waals surface area contributed by atoms with Crippen LogP contribution in [0.4, 0.5) is 9.59 Å². The first-order valence-electron chi connectivity index (χ1n) is 5.03. The Morgan fingerprint density at radius 3 is 2.56 bits per heavy atom. The summed E-state index contributed by atoms with van der Waals surface area (Å²) in [6.45, 7) is 3.32. The number of alkyl carbamates (subject to hydrolysis) is 1. The van der Waals surface area contributed by atoms with Crippen LogP contribution in [0.15, 0.2) is 0 Å². The molecule has 0 saturated carbocycles. The molecule has 1 unspecified atom stereocenters. The lowest BCUT2D eigenvalue weighted by molar-refractivity contribution is 0.0580. The van der Waals surface area contributed by atoms with E-state index in [4.69, 9.17) is 15.6 Å². The fourth-order valence-electron chi connectivity index (χ4n) is 0.993. The first kappa shape index (κ1) is 14.5. The molecule has 0 bridgehead atoms. The van der Waals surface area contributed by atoms with E-state index in [1.807, 2.05) is 6.92 Å². The van der Waals surface area contributed by atoms with E-state index in [2.05, 4.69) is 10.1 Å². The molecule has 0 rings (SSSR count). The summed E-state index contributed by atoms with van der Waals surface area (Å²) in [6, 6.07) is 0. The molecule has 0 aromatic rings. The minimum atomic E-state index is -0.966. The van der Waals surface area contributed by atoms with Crippen LogP contribution >= 0.6 is 0 Å². The molecule has 0 spiro atoms. The zero-order valence-electron chi connectivity index (χ0n) is 9.43. The van der Waals surface area contributed by atoms with Crippen molar-refractivity contribution in [3.63, 3.8) is 0 Å². The number of aliphatic hydroxyl groups is 1. The summed E-state index contributed by atoms with van der Waals surface area (Å²) < 4.78 is 9.46. The van der Waals surface area contributed by atoms with Crippen LogP contribution in [0.1, 0.15) is 26.7 Å². The molecule has 94 valence electrons. The van der Waals surface area contributed by atoms with Crippen LogP contribution in [0.5, 0.6) is 0 Å². The molecule has 2 atom stereocenters. The van der Waals surface area contributed by atoms with Gasteiger partial charge in [-0.1, -0.05) is 6.92 Å². The maximum Gasteiger partial charge on any atom is 0.409 e. The molecule has 7 nitrogen and oxygen atoms in total. The topological polar surface area (TPSA) is 111 Å². The summed E-state index contributed by atoms with van der Waals surface area (Å²) in [5, 5.41) is 11.0. The van der Waals surface area contributed by atoms with Crippen LogP contribution in [-0.4, -0.2) is 36.2 Å². The van der Waals surface area contributed by atoms with Crippen molar-refractivity contribution in [2.24, 2.45) is 5.73 Å². The molecule has 16 heavy (non-hydrogen) atoms. The fourth-order valence-corrected chi connectivity index (χ4v) is 0.993. The molecular formula is C9H18N2O5. The number of amides is 2. The van der Waals surface area contributed by atoms with E-state index in [1.165, 1.54) is 6.92 Å². The Hall–Kier alpha value is -1.50. The first-order chi connectivity index (χ1) is 7.45. The average Bonchev–Trinajstić information content (AvgIpc) is 2.14. The zero-order chi connectivity index (χ0) is 12.6. The molecule has 7 heteroatoms. The molecule has 0 aliphatic carbocycles. The van der Waals surface area contributed by atoms with Crippen molar-refractivity contribution in [1.82, 2.24) is 5.32 Å². The second kappa shape index (κ2) is 7.75. The van der Waals surface area contributed by atoms with Crippen molar-refractivity contribution in [3.8, 4) is 0 Å². The van der Waals surface area contributed by atoms with Gasteiger partial charge in [0.15, 0.2) is 0 Å². The minimum Gasteiger partial charge on any atom is -0.450 e. The molecule has 0 aliphatic heterocycles. The molecule has 0 saturated heterocycles. The first-order valence-corrected chi connectivity index (χ1v) is 5.03. The summed E-state index contributed by atoms with van der Waals surface area (Å²) in [5.41, 5.74) is 4.77. The Morgan fingerprint density at radius 1 is 1.50 bits per heavy atom. The summed E-state index contributed by atoms with van der Waals surface area (Å²) in [6.07, 6.45) is -1.96. The Bertz CT molecular complexity index is 232. The molecule has 4 N–H and O–H groups in total. The summed E-state index contributed by atoms with van der Waals surface area (Å²) in [4.78, 5) is 21.4. The van der Waals surface area contributed by atoms with Gasteiger partial charge in [-0.05, 0) is 13.3 Å². The van der Waals surface area contributed by atoms with Gasteiger partial charge in [0.2, 0.25) is 0 Å². The van der Waals surface area contributed by atoms with Gasteiger partial charge in [0.25, 0.3) is 0 Å². The highest BCUT2D eigenvalue weighted by Crippen LogP contribution is 2.04. The maximum atomic E-state index is 11.1. The number of primary amides is 1. The van der Waals surface area contributed by atoms with Crippen LogP contribution in [-0.2, 0) is 9.47 Å². The van der Waals surface area contributed by atoms with Crippen molar-refractivity contribution in [1.29, 1.82) is 0 Å². The van der Waals surface area contributed by atoms with Gasteiger partial charge in [0.1, 0.15) is 12.3 Å². The van der Waals surface area contributed by atoms with E-state index >= 15 is 0 Å². The summed E-state index contributed by atoms with van der Waals surface area (Å²) in [7, 11) is 0. The van der Waals surface area contributed by atoms with Crippen molar-refractivity contribution in [2.75, 3.05) is 6.61 Å². The number of ether oxygens (including phenoxy) is 2. The molecular weight excluding hydrogens is 216 g/mol.